The number of amides is 2. The van der Waals surface area contributed by atoms with Crippen molar-refractivity contribution in [2.75, 3.05) is 37.6 Å². The fourth-order valence-corrected chi connectivity index (χ4v) is 5.15. The van der Waals surface area contributed by atoms with Gasteiger partial charge in [0.1, 0.15) is 6.54 Å². The van der Waals surface area contributed by atoms with Crippen LogP contribution in [0.4, 0.5) is 5.82 Å². The van der Waals surface area contributed by atoms with E-state index in [-0.39, 0.29) is 24.4 Å². The summed E-state index contributed by atoms with van der Waals surface area (Å²) in [5, 5.41) is 9.96. The van der Waals surface area contributed by atoms with Gasteiger partial charge in [-0.2, -0.15) is 0 Å². The Balaban J connectivity index is 1.25. The van der Waals surface area contributed by atoms with Gasteiger partial charge in [-0.15, -0.1) is 10.2 Å². The SMILES string of the molecule is C[C@H](c1ccccc1)N(CC(=O)N1CCN(c2ccc(-c3ccccc3Cl)nn2)CC1)C(=O)c1ccc(Cl)cc1. The summed E-state index contributed by atoms with van der Waals surface area (Å²) >= 11 is 12.3. The molecule has 1 aliphatic rings. The van der Waals surface area contributed by atoms with E-state index in [0.29, 0.717) is 47.5 Å². The van der Waals surface area contributed by atoms with Gasteiger partial charge in [0.15, 0.2) is 5.82 Å². The molecule has 1 saturated heterocycles. The van der Waals surface area contributed by atoms with E-state index in [1.807, 2.05) is 78.6 Å². The summed E-state index contributed by atoms with van der Waals surface area (Å²) in [7, 11) is 0. The maximum atomic E-state index is 13.6. The van der Waals surface area contributed by atoms with Crippen molar-refractivity contribution in [3.63, 3.8) is 0 Å². The average Bonchev–Trinajstić information content (AvgIpc) is 3.00. The maximum absolute atomic E-state index is 13.6. The third-order valence-electron chi connectivity index (χ3n) is 7.16. The van der Waals surface area contributed by atoms with Crippen LogP contribution in [0.15, 0.2) is 91.0 Å². The zero-order valence-corrected chi connectivity index (χ0v) is 23.6. The molecule has 0 saturated carbocycles. The second-order valence-electron chi connectivity index (χ2n) is 9.65. The second kappa shape index (κ2) is 12.5. The molecular weight excluding hydrogens is 545 g/mol. The molecule has 2 heterocycles. The van der Waals surface area contributed by atoms with Crippen molar-refractivity contribution in [1.29, 1.82) is 0 Å². The minimum absolute atomic E-state index is 0.0240. The van der Waals surface area contributed by atoms with Gasteiger partial charge >= 0.3 is 0 Å². The van der Waals surface area contributed by atoms with Crippen molar-refractivity contribution in [2.24, 2.45) is 0 Å². The van der Waals surface area contributed by atoms with Crippen LogP contribution < -0.4 is 4.90 Å². The molecule has 0 bridgehead atoms. The monoisotopic (exact) mass is 573 g/mol. The first kappa shape index (κ1) is 27.6. The molecule has 3 aromatic carbocycles. The fourth-order valence-electron chi connectivity index (χ4n) is 4.79. The van der Waals surface area contributed by atoms with E-state index in [4.69, 9.17) is 23.2 Å². The summed E-state index contributed by atoms with van der Waals surface area (Å²) in [6.07, 6.45) is 0. The molecular formula is C31H29Cl2N5O2. The van der Waals surface area contributed by atoms with Crippen molar-refractivity contribution < 1.29 is 9.59 Å². The molecule has 4 aromatic rings. The molecule has 40 heavy (non-hydrogen) atoms. The molecule has 5 rings (SSSR count). The second-order valence-corrected chi connectivity index (χ2v) is 10.5. The highest BCUT2D eigenvalue weighted by atomic mass is 35.5. The number of carbonyl (C=O) groups excluding carboxylic acids is 2. The third kappa shape index (κ3) is 6.27. The number of carbonyl (C=O) groups is 2. The van der Waals surface area contributed by atoms with E-state index < -0.39 is 0 Å². The van der Waals surface area contributed by atoms with Crippen molar-refractivity contribution in [1.82, 2.24) is 20.0 Å². The van der Waals surface area contributed by atoms with Crippen LogP contribution in [0.25, 0.3) is 11.3 Å². The zero-order chi connectivity index (χ0) is 28.1. The zero-order valence-electron chi connectivity index (χ0n) is 22.1. The first-order valence-corrected chi connectivity index (χ1v) is 13.9. The predicted octanol–water partition coefficient (Wildman–Crippen LogP) is 6.00. The van der Waals surface area contributed by atoms with Crippen LogP contribution in [0.3, 0.4) is 0 Å². The smallest absolute Gasteiger partial charge is 0.254 e. The van der Waals surface area contributed by atoms with Gasteiger partial charge in [0.05, 0.1) is 16.8 Å². The third-order valence-corrected chi connectivity index (χ3v) is 7.75. The Kier molecular flexibility index (Phi) is 8.63. The Hall–Kier alpha value is -3.94. The molecule has 7 nitrogen and oxygen atoms in total. The molecule has 1 aromatic heterocycles. The van der Waals surface area contributed by atoms with E-state index in [9.17, 15) is 9.59 Å². The first-order chi connectivity index (χ1) is 19.4. The highest BCUT2D eigenvalue weighted by Gasteiger charge is 2.29. The minimum atomic E-state index is -0.290. The van der Waals surface area contributed by atoms with Gasteiger partial charge < -0.3 is 14.7 Å². The summed E-state index contributed by atoms with van der Waals surface area (Å²) in [5.74, 6) is 0.443. The lowest BCUT2D eigenvalue weighted by atomic mass is 10.1. The van der Waals surface area contributed by atoms with Crippen LogP contribution in [0, 0.1) is 0 Å². The topological polar surface area (TPSA) is 69.6 Å². The number of aromatic nitrogens is 2. The standard InChI is InChI=1S/C31H29Cl2N5O2/c1-22(23-7-3-2-4-8-23)38(31(40)24-11-13-25(32)14-12-24)21-30(39)37-19-17-36(18-20-37)29-16-15-28(34-35-29)26-9-5-6-10-27(26)33/h2-16,22H,17-21H2,1H3/t22-/m1/s1. The quantitative estimate of drug-likeness (QED) is 0.271. The summed E-state index contributed by atoms with van der Waals surface area (Å²) in [4.78, 5) is 32.6. The van der Waals surface area contributed by atoms with Gasteiger partial charge in [-0.3, -0.25) is 9.59 Å². The summed E-state index contributed by atoms with van der Waals surface area (Å²) in [6, 6.07) is 27.6. The first-order valence-electron chi connectivity index (χ1n) is 13.1. The number of anilines is 1. The number of hydrogen-bond acceptors (Lipinski definition) is 5. The van der Waals surface area contributed by atoms with Gasteiger partial charge in [-0.05, 0) is 55.0 Å². The van der Waals surface area contributed by atoms with Crippen LogP contribution in [-0.2, 0) is 4.79 Å². The molecule has 2 amide bonds. The van der Waals surface area contributed by atoms with E-state index in [1.54, 1.807) is 29.2 Å². The van der Waals surface area contributed by atoms with Crippen LogP contribution in [0.1, 0.15) is 28.9 Å². The Morgan fingerprint density at radius 1 is 0.825 bits per heavy atom. The van der Waals surface area contributed by atoms with Crippen LogP contribution in [0.2, 0.25) is 10.0 Å². The van der Waals surface area contributed by atoms with Gasteiger partial charge in [0.25, 0.3) is 5.91 Å². The summed E-state index contributed by atoms with van der Waals surface area (Å²) in [5.41, 5.74) is 2.99. The van der Waals surface area contributed by atoms with Crippen LogP contribution in [-0.4, -0.2) is 64.5 Å². The van der Waals surface area contributed by atoms with E-state index in [1.165, 1.54) is 0 Å². The maximum Gasteiger partial charge on any atom is 0.254 e. The molecule has 9 heteroatoms. The summed E-state index contributed by atoms with van der Waals surface area (Å²) in [6.45, 7) is 4.20. The van der Waals surface area contributed by atoms with Gasteiger partial charge in [0.2, 0.25) is 5.91 Å². The van der Waals surface area contributed by atoms with Crippen molar-refractivity contribution >= 4 is 40.8 Å². The Labute approximate surface area is 243 Å². The predicted molar refractivity (Wildman–Crippen MR) is 159 cm³/mol. The number of nitrogens with zero attached hydrogens (tertiary/aromatic N) is 5. The molecule has 1 atom stereocenters. The highest BCUT2D eigenvalue weighted by Crippen LogP contribution is 2.27. The fraction of sp³-hybridized carbons (Fsp3) is 0.226. The number of halogens is 2. The molecule has 0 spiro atoms. The largest absolute Gasteiger partial charge is 0.352 e. The normalized spacial score (nSPS) is 14.1. The lowest BCUT2D eigenvalue weighted by molar-refractivity contribution is -0.132. The van der Waals surface area contributed by atoms with E-state index >= 15 is 0 Å². The number of hydrogen-bond donors (Lipinski definition) is 0. The lowest BCUT2D eigenvalue weighted by Gasteiger charge is -2.37. The number of rotatable bonds is 7. The average molecular weight is 575 g/mol. The minimum Gasteiger partial charge on any atom is -0.352 e. The van der Waals surface area contributed by atoms with Crippen LogP contribution >= 0.6 is 23.2 Å². The molecule has 0 aliphatic carbocycles. The van der Waals surface area contributed by atoms with E-state index in [2.05, 4.69) is 15.1 Å². The Morgan fingerprint density at radius 3 is 2.15 bits per heavy atom. The molecule has 1 fully saturated rings. The van der Waals surface area contributed by atoms with Gasteiger partial charge in [0, 0.05) is 42.3 Å². The highest BCUT2D eigenvalue weighted by molar-refractivity contribution is 6.33. The Bertz CT molecular complexity index is 1460. The molecule has 0 radical (unpaired) electrons. The van der Waals surface area contributed by atoms with Gasteiger partial charge in [-0.1, -0.05) is 71.7 Å². The molecule has 0 N–H and O–H groups in total. The number of benzene rings is 3. The van der Waals surface area contributed by atoms with Crippen molar-refractivity contribution in [2.45, 2.75) is 13.0 Å². The Morgan fingerprint density at radius 2 is 1.50 bits per heavy atom. The van der Waals surface area contributed by atoms with Crippen molar-refractivity contribution in [3.8, 4) is 11.3 Å². The van der Waals surface area contributed by atoms with Crippen LogP contribution in [0.5, 0.6) is 0 Å². The number of piperazine rings is 1. The molecule has 204 valence electrons. The molecule has 0 unspecified atom stereocenters. The van der Waals surface area contributed by atoms with E-state index in [0.717, 1.165) is 16.9 Å². The lowest BCUT2D eigenvalue weighted by Crippen LogP contribution is -2.52. The summed E-state index contributed by atoms with van der Waals surface area (Å²) < 4.78 is 0. The van der Waals surface area contributed by atoms with Crippen molar-refractivity contribution in [3.05, 3.63) is 112 Å². The van der Waals surface area contributed by atoms with Gasteiger partial charge in [-0.25, -0.2) is 0 Å². The molecule has 1 aliphatic heterocycles.